The standard InChI is InChI=1S/C16H22OSe/c1-5-16(4)12-11-14(15(2,3)17-16)18-13-9-7-6-8-10-13/h5-10,14H,1,11-12H2,2-4H3/t14-,16-/m1/s1. The summed E-state index contributed by atoms with van der Waals surface area (Å²) >= 11 is 0.479. The molecule has 2 heteroatoms. The molecule has 1 aliphatic rings. The molecule has 1 heterocycles. The molecule has 0 amide bonds. The molecule has 0 N–H and O–H groups in total. The maximum absolute atomic E-state index is 6.29. The van der Waals surface area contributed by atoms with Crippen LogP contribution in [0.15, 0.2) is 43.0 Å². The monoisotopic (exact) mass is 310 g/mol. The molecule has 18 heavy (non-hydrogen) atoms. The van der Waals surface area contributed by atoms with Gasteiger partial charge >= 0.3 is 117 Å². The van der Waals surface area contributed by atoms with Crippen LogP contribution >= 0.6 is 0 Å². The molecule has 0 spiro atoms. The molecule has 2 rings (SSSR count). The van der Waals surface area contributed by atoms with Gasteiger partial charge in [-0.3, -0.25) is 0 Å². The fourth-order valence-corrected chi connectivity index (χ4v) is 5.03. The van der Waals surface area contributed by atoms with Crippen LogP contribution in [-0.4, -0.2) is 26.2 Å². The van der Waals surface area contributed by atoms with Crippen LogP contribution in [0.2, 0.25) is 4.82 Å². The first-order chi connectivity index (χ1) is 8.45. The van der Waals surface area contributed by atoms with Gasteiger partial charge in [-0.15, -0.1) is 0 Å². The predicted octanol–water partition coefficient (Wildman–Crippen LogP) is 3.34. The van der Waals surface area contributed by atoms with E-state index >= 15 is 0 Å². The van der Waals surface area contributed by atoms with Crippen LogP contribution < -0.4 is 4.46 Å². The molecule has 0 saturated carbocycles. The van der Waals surface area contributed by atoms with Gasteiger partial charge in [-0.05, 0) is 0 Å². The van der Waals surface area contributed by atoms with Crippen LogP contribution in [0.4, 0.5) is 0 Å². The summed E-state index contributed by atoms with van der Waals surface area (Å²) in [5.41, 5.74) is -0.205. The van der Waals surface area contributed by atoms with E-state index in [1.807, 2.05) is 6.08 Å². The number of hydrogen-bond acceptors (Lipinski definition) is 1. The Hall–Kier alpha value is -0.561. The van der Waals surface area contributed by atoms with Crippen molar-refractivity contribution >= 4 is 19.4 Å². The summed E-state index contributed by atoms with van der Waals surface area (Å²) in [6.45, 7) is 10.5. The second kappa shape index (κ2) is 5.20. The molecule has 1 aromatic carbocycles. The molecule has 1 fully saturated rings. The van der Waals surface area contributed by atoms with Gasteiger partial charge in [0.15, 0.2) is 0 Å². The van der Waals surface area contributed by atoms with Crippen molar-refractivity contribution in [1.29, 1.82) is 0 Å². The van der Waals surface area contributed by atoms with E-state index in [4.69, 9.17) is 4.74 Å². The Kier molecular flexibility index (Phi) is 4.01. The first kappa shape index (κ1) is 13.9. The average molecular weight is 309 g/mol. The van der Waals surface area contributed by atoms with Crippen LogP contribution in [0.1, 0.15) is 33.6 Å². The minimum absolute atomic E-state index is 0.0585. The first-order valence-corrected chi connectivity index (χ1v) is 8.35. The van der Waals surface area contributed by atoms with Crippen molar-refractivity contribution in [2.45, 2.75) is 49.6 Å². The molecular formula is C16H22OSe. The molecule has 0 radical (unpaired) electrons. The van der Waals surface area contributed by atoms with Gasteiger partial charge < -0.3 is 0 Å². The molecule has 0 unspecified atom stereocenters. The molecular weight excluding hydrogens is 287 g/mol. The summed E-state index contributed by atoms with van der Waals surface area (Å²) in [5, 5.41) is 0. The van der Waals surface area contributed by atoms with Crippen LogP contribution in [0.3, 0.4) is 0 Å². The zero-order chi connectivity index (χ0) is 13.2. The second-order valence-electron chi connectivity index (χ2n) is 5.68. The Morgan fingerprint density at radius 1 is 1.28 bits per heavy atom. The zero-order valence-electron chi connectivity index (χ0n) is 11.5. The third kappa shape index (κ3) is 3.06. The molecule has 0 bridgehead atoms. The van der Waals surface area contributed by atoms with Gasteiger partial charge in [0.1, 0.15) is 0 Å². The van der Waals surface area contributed by atoms with Crippen LogP contribution in [0, 0.1) is 0 Å². The van der Waals surface area contributed by atoms with Gasteiger partial charge in [-0.25, -0.2) is 0 Å². The third-order valence-electron chi connectivity index (χ3n) is 3.63. The number of ether oxygens (including phenoxy) is 1. The topological polar surface area (TPSA) is 9.23 Å². The van der Waals surface area contributed by atoms with E-state index in [9.17, 15) is 0 Å². The summed E-state index contributed by atoms with van der Waals surface area (Å²) in [4.78, 5) is 0.639. The number of benzene rings is 1. The molecule has 1 aromatic rings. The number of rotatable bonds is 3. The van der Waals surface area contributed by atoms with Gasteiger partial charge in [0.05, 0.1) is 0 Å². The summed E-state index contributed by atoms with van der Waals surface area (Å²) in [5.74, 6) is 0. The fraction of sp³-hybridized carbons (Fsp3) is 0.500. The Labute approximate surface area is 117 Å². The van der Waals surface area contributed by atoms with Gasteiger partial charge in [0.2, 0.25) is 0 Å². The van der Waals surface area contributed by atoms with Crippen molar-refractivity contribution in [3.63, 3.8) is 0 Å². The molecule has 1 nitrogen and oxygen atoms in total. The van der Waals surface area contributed by atoms with E-state index in [-0.39, 0.29) is 11.2 Å². The van der Waals surface area contributed by atoms with Gasteiger partial charge in [-0.1, -0.05) is 0 Å². The minimum atomic E-state index is -0.146. The van der Waals surface area contributed by atoms with Gasteiger partial charge in [0.25, 0.3) is 0 Å². The molecule has 0 aliphatic carbocycles. The molecule has 98 valence electrons. The van der Waals surface area contributed by atoms with Crippen LogP contribution in [0.25, 0.3) is 0 Å². The van der Waals surface area contributed by atoms with Crippen molar-refractivity contribution in [3.8, 4) is 0 Å². The Bertz CT molecular complexity index is 412. The van der Waals surface area contributed by atoms with E-state index in [0.717, 1.165) is 6.42 Å². The van der Waals surface area contributed by atoms with Crippen molar-refractivity contribution in [2.75, 3.05) is 0 Å². The molecule has 1 aliphatic heterocycles. The van der Waals surface area contributed by atoms with E-state index in [1.165, 1.54) is 10.9 Å². The van der Waals surface area contributed by atoms with E-state index in [2.05, 4.69) is 57.7 Å². The Morgan fingerprint density at radius 2 is 1.94 bits per heavy atom. The van der Waals surface area contributed by atoms with Crippen LogP contribution in [0.5, 0.6) is 0 Å². The normalized spacial score (nSPS) is 30.9. The second-order valence-corrected chi connectivity index (χ2v) is 8.36. The van der Waals surface area contributed by atoms with Crippen molar-refractivity contribution in [1.82, 2.24) is 0 Å². The summed E-state index contributed by atoms with van der Waals surface area (Å²) in [7, 11) is 0. The van der Waals surface area contributed by atoms with E-state index in [0.29, 0.717) is 19.8 Å². The van der Waals surface area contributed by atoms with E-state index < -0.39 is 0 Å². The third-order valence-corrected chi connectivity index (χ3v) is 7.05. The zero-order valence-corrected chi connectivity index (χ0v) is 13.2. The van der Waals surface area contributed by atoms with Crippen LogP contribution in [-0.2, 0) is 4.74 Å². The average Bonchev–Trinajstić information content (AvgIpc) is 2.34. The quantitative estimate of drug-likeness (QED) is 0.615. The Morgan fingerprint density at radius 3 is 2.50 bits per heavy atom. The van der Waals surface area contributed by atoms with Crippen molar-refractivity contribution in [3.05, 3.63) is 43.0 Å². The summed E-state index contributed by atoms with van der Waals surface area (Å²) in [6, 6.07) is 10.8. The van der Waals surface area contributed by atoms with E-state index in [1.54, 1.807) is 0 Å². The first-order valence-electron chi connectivity index (χ1n) is 6.51. The molecule has 0 aromatic heterocycles. The SMILES string of the molecule is C=C[C@]1(C)CC[C@@H]([Se]c2ccccc2)C(C)(C)O1. The Balaban J connectivity index is 2.09. The van der Waals surface area contributed by atoms with Crippen molar-refractivity contribution < 1.29 is 4.74 Å². The predicted molar refractivity (Wildman–Crippen MR) is 78.6 cm³/mol. The molecule has 2 atom stereocenters. The molecule has 1 saturated heterocycles. The fourth-order valence-electron chi connectivity index (χ4n) is 2.49. The number of hydrogen-bond donors (Lipinski definition) is 0. The summed E-state index contributed by atoms with van der Waals surface area (Å²) < 4.78 is 7.76. The van der Waals surface area contributed by atoms with Gasteiger partial charge in [-0.2, -0.15) is 0 Å². The van der Waals surface area contributed by atoms with Crippen molar-refractivity contribution in [2.24, 2.45) is 0 Å². The maximum atomic E-state index is 6.29. The summed E-state index contributed by atoms with van der Waals surface area (Å²) in [6.07, 6.45) is 4.27. The van der Waals surface area contributed by atoms with Gasteiger partial charge in [0, 0.05) is 0 Å².